The third kappa shape index (κ3) is 12.5. The van der Waals surface area contributed by atoms with Gasteiger partial charge in [0.1, 0.15) is 18.1 Å². The Bertz CT molecular complexity index is 925. The Kier molecular flexibility index (Phi) is 14.1. The predicted octanol–water partition coefficient (Wildman–Crippen LogP) is -0.875. The van der Waals surface area contributed by atoms with Gasteiger partial charge in [-0.15, -0.1) is 0 Å². The summed E-state index contributed by atoms with van der Waals surface area (Å²) in [5.41, 5.74) is 17.3. The van der Waals surface area contributed by atoms with Crippen molar-refractivity contribution in [3.63, 3.8) is 0 Å². The highest BCUT2D eigenvalue weighted by atomic mass is 32.1. The van der Waals surface area contributed by atoms with E-state index in [0.29, 0.717) is 25.8 Å². The molecular weight excluding hydrogens is 498 g/mol. The van der Waals surface area contributed by atoms with Crippen LogP contribution in [0.1, 0.15) is 38.7 Å². The first-order valence-corrected chi connectivity index (χ1v) is 12.7. The van der Waals surface area contributed by atoms with Crippen LogP contribution in [0.4, 0.5) is 0 Å². The number of nitrogens with two attached hydrogens (primary N) is 3. The van der Waals surface area contributed by atoms with E-state index < -0.39 is 47.9 Å². The number of rotatable bonds is 16. The van der Waals surface area contributed by atoms with E-state index in [1.54, 1.807) is 24.3 Å². The maximum absolute atomic E-state index is 13.2. The molecule has 0 aromatic heterocycles. The summed E-state index contributed by atoms with van der Waals surface area (Å²) in [4.78, 5) is 54.1. The molecule has 0 spiro atoms. The zero-order valence-corrected chi connectivity index (χ0v) is 22.1. The highest BCUT2D eigenvalue weighted by molar-refractivity contribution is 7.80. The van der Waals surface area contributed by atoms with Gasteiger partial charge in [-0.1, -0.05) is 44.2 Å². The summed E-state index contributed by atoms with van der Waals surface area (Å²) < 4.78 is 0. The Morgan fingerprint density at radius 2 is 1.51 bits per heavy atom. The second-order valence-corrected chi connectivity index (χ2v) is 9.44. The van der Waals surface area contributed by atoms with E-state index in [0.717, 1.165) is 5.56 Å². The summed E-state index contributed by atoms with van der Waals surface area (Å²) in [6.45, 7) is 4.10. The molecule has 37 heavy (non-hydrogen) atoms. The van der Waals surface area contributed by atoms with E-state index in [2.05, 4.69) is 33.6 Å². The Morgan fingerprint density at radius 3 is 2.05 bits per heavy atom. The molecule has 206 valence electrons. The molecule has 0 saturated carbocycles. The highest BCUT2D eigenvalue weighted by Crippen LogP contribution is 2.09. The molecule has 0 radical (unpaired) electrons. The van der Waals surface area contributed by atoms with Crippen molar-refractivity contribution in [3.05, 3.63) is 35.9 Å². The Balaban J connectivity index is 2.99. The molecule has 4 atom stereocenters. The number of aliphatic carboxylic acids is 1. The number of nitrogens with zero attached hydrogens (tertiary/aromatic N) is 1. The van der Waals surface area contributed by atoms with Crippen molar-refractivity contribution in [2.75, 3.05) is 12.3 Å². The summed E-state index contributed by atoms with van der Waals surface area (Å²) in [7, 11) is 0. The monoisotopic (exact) mass is 537 g/mol. The minimum Gasteiger partial charge on any atom is -0.480 e. The van der Waals surface area contributed by atoms with Gasteiger partial charge in [0.05, 0.1) is 6.04 Å². The van der Waals surface area contributed by atoms with Crippen molar-refractivity contribution in [1.29, 1.82) is 0 Å². The van der Waals surface area contributed by atoms with Crippen LogP contribution in [0.5, 0.6) is 0 Å². The number of hydrogen-bond acceptors (Lipinski definition) is 7. The average Bonchev–Trinajstić information content (AvgIpc) is 2.83. The molecule has 0 fully saturated rings. The third-order valence-corrected chi connectivity index (χ3v) is 5.72. The number of carboxylic acid groups (broad SMARTS) is 1. The van der Waals surface area contributed by atoms with Gasteiger partial charge in [0.15, 0.2) is 5.96 Å². The molecule has 1 rings (SSSR count). The first-order valence-electron chi connectivity index (χ1n) is 12.0. The van der Waals surface area contributed by atoms with Crippen molar-refractivity contribution in [3.8, 4) is 0 Å². The first-order chi connectivity index (χ1) is 17.4. The topological polar surface area (TPSA) is 215 Å². The molecule has 4 unspecified atom stereocenters. The number of hydrogen-bond donors (Lipinski definition) is 8. The SMILES string of the molecule is CC(C)CC(NC(=O)C(N)CCCN=C(N)N)C(=O)NC(Cc1ccccc1)C(=O)NC(CS)C(=O)O. The van der Waals surface area contributed by atoms with E-state index in [9.17, 15) is 24.3 Å². The molecule has 1 aromatic carbocycles. The molecule has 0 bridgehead atoms. The number of guanidine groups is 1. The number of amides is 3. The van der Waals surface area contributed by atoms with Crippen molar-refractivity contribution >= 4 is 42.3 Å². The molecule has 0 aliphatic rings. The van der Waals surface area contributed by atoms with Gasteiger partial charge in [0.2, 0.25) is 17.7 Å². The zero-order chi connectivity index (χ0) is 28.0. The standard InChI is InChI=1S/C24H39N7O5S/c1-14(2)11-17(29-20(32)16(25)9-6-10-28-24(26)27)21(33)30-18(12-15-7-4-3-5-8-15)22(34)31-19(13-37)23(35)36/h3-5,7-8,14,16-19,37H,6,9-13,25H2,1-2H3,(H,29,32)(H,30,33)(H,31,34)(H,35,36)(H4,26,27,28). The summed E-state index contributed by atoms with van der Waals surface area (Å²) in [6.07, 6.45) is 1.19. The average molecular weight is 538 g/mol. The Hall–Kier alpha value is -3.32. The van der Waals surface area contributed by atoms with Gasteiger partial charge in [-0.25, -0.2) is 4.79 Å². The van der Waals surface area contributed by atoms with Crippen molar-refractivity contribution < 1.29 is 24.3 Å². The number of carboxylic acids is 1. The number of benzene rings is 1. The molecule has 10 N–H and O–H groups in total. The first kappa shape index (κ1) is 31.7. The number of aliphatic imine (C=N–C) groups is 1. The Labute approximate surface area is 222 Å². The molecular formula is C24H39N7O5S. The van der Waals surface area contributed by atoms with E-state index >= 15 is 0 Å². The molecule has 0 aliphatic carbocycles. The Morgan fingerprint density at radius 1 is 0.946 bits per heavy atom. The van der Waals surface area contributed by atoms with Crippen LogP contribution in [0.2, 0.25) is 0 Å². The van der Waals surface area contributed by atoms with Gasteiger partial charge in [-0.3, -0.25) is 19.4 Å². The smallest absolute Gasteiger partial charge is 0.327 e. The number of carbonyl (C=O) groups excluding carboxylic acids is 3. The van der Waals surface area contributed by atoms with Gasteiger partial charge < -0.3 is 38.3 Å². The second kappa shape index (κ2) is 16.4. The predicted molar refractivity (Wildman–Crippen MR) is 145 cm³/mol. The van der Waals surface area contributed by atoms with Crippen molar-refractivity contribution in [2.45, 2.75) is 63.7 Å². The minimum atomic E-state index is -1.24. The van der Waals surface area contributed by atoms with Gasteiger partial charge in [-0.2, -0.15) is 12.6 Å². The molecule has 13 heteroatoms. The van der Waals surface area contributed by atoms with Crippen LogP contribution in [0, 0.1) is 5.92 Å². The fourth-order valence-electron chi connectivity index (χ4n) is 3.42. The summed E-state index contributed by atoms with van der Waals surface area (Å²) in [5, 5.41) is 17.0. The minimum absolute atomic E-state index is 0.0381. The second-order valence-electron chi connectivity index (χ2n) is 9.08. The third-order valence-electron chi connectivity index (χ3n) is 5.36. The van der Waals surface area contributed by atoms with Gasteiger partial charge in [0.25, 0.3) is 0 Å². The molecule has 0 aliphatic heterocycles. The zero-order valence-electron chi connectivity index (χ0n) is 21.2. The van der Waals surface area contributed by atoms with Crippen molar-refractivity contribution in [1.82, 2.24) is 16.0 Å². The number of thiol groups is 1. The van der Waals surface area contributed by atoms with Crippen LogP contribution in [0.3, 0.4) is 0 Å². The number of carbonyl (C=O) groups is 4. The maximum Gasteiger partial charge on any atom is 0.327 e. The lowest BCUT2D eigenvalue weighted by Crippen LogP contribution is -2.58. The summed E-state index contributed by atoms with van der Waals surface area (Å²) >= 11 is 3.97. The molecule has 0 saturated heterocycles. The van der Waals surface area contributed by atoms with E-state index in [-0.39, 0.29) is 24.1 Å². The molecule has 3 amide bonds. The van der Waals surface area contributed by atoms with Crippen LogP contribution in [0.15, 0.2) is 35.3 Å². The highest BCUT2D eigenvalue weighted by Gasteiger charge is 2.30. The molecule has 0 heterocycles. The van der Waals surface area contributed by atoms with Crippen LogP contribution in [-0.2, 0) is 25.6 Å². The van der Waals surface area contributed by atoms with Crippen molar-refractivity contribution in [2.24, 2.45) is 28.1 Å². The quantitative estimate of drug-likeness (QED) is 0.0572. The molecule has 1 aromatic rings. The van der Waals surface area contributed by atoms with Gasteiger partial charge in [-0.05, 0) is 30.7 Å². The number of nitrogens with one attached hydrogen (secondary N) is 3. The van der Waals surface area contributed by atoms with E-state index in [1.165, 1.54) is 0 Å². The van der Waals surface area contributed by atoms with E-state index in [4.69, 9.17) is 17.2 Å². The lowest BCUT2D eigenvalue weighted by atomic mass is 10.0. The van der Waals surface area contributed by atoms with E-state index in [1.807, 2.05) is 19.9 Å². The van der Waals surface area contributed by atoms with Gasteiger partial charge in [0, 0.05) is 18.7 Å². The lowest BCUT2D eigenvalue weighted by molar-refractivity contribution is -0.141. The molecule has 12 nitrogen and oxygen atoms in total. The van der Waals surface area contributed by atoms with Crippen LogP contribution >= 0.6 is 12.6 Å². The fourth-order valence-corrected chi connectivity index (χ4v) is 3.67. The van der Waals surface area contributed by atoms with Crippen LogP contribution in [-0.4, -0.2) is 71.2 Å². The maximum atomic E-state index is 13.2. The van der Waals surface area contributed by atoms with Gasteiger partial charge >= 0.3 is 5.97 Å². The fraction of sp³-hybridized carbons (Fsp3) is 0.542. The van der Waals surface area contributed by atoms with Crippen LogP contribution < -0.4 is 33.2 Å². The summed E-state index contributed by atoms with van der Waals surface area (Å²) in [5.74, 6) is -3.16. The largest absolute Gasteiger partial charge is 0.480 e. The lowest BCUT2D eigenvalue weighted by Gasteiger charge is -2.26. The normalized spacial score (nSPS) is 14.1. The van der Waals surface area contributed by atoms with Crippen LogP contribution in [0.25, 0.3) is 0 Å². The summed E-state index contributed by atoms with van der Waals surface area (Å²) in [6, 6.07) is 4.81.